The smallest absolute Gasteiger partial charge is 0.198 e. The van der Waals surface area contributed by atoms with Crippen molar-refractivity contribution in [3.8, 4) is 5.75 Å². The maximum atomic E-state index is 13.3. The Bertz CT molecular complexity index is 907. The van der Waals surface area contributed by atoms with E-state index in [9.17, 15) is 4.39 Å². The molecule has 0 amide bonds. The molecule has 0 radical (unpaired) electrons. The van der Waals surface area contributed by atoms with Crippen LogP contribution in [0.1, 0.15) is 49.3 Å². The normalized spacial score (nSPS) is 22.8. The molecular formula is C20H17Cl2FN2O. The van der Waals surface area contributed by atoms with Crippen LogP contribution in [-0.2, 0) is 0 Å². The molecule has 26 heavy (non-hydrogen) atoms. The van der Waals surface area contributed by atoms with E-state index in [0.717, 1.165) is 54.7 Å². The van der Waals surface area contributed by atoms with Crippen molar-refractivity contribution in [3.63, 3.8) is 0 Å². The molecule has 1 unspecified atom stereocenters. The van der Waals surface area contributed by atoms with Gasteiger partial charge in [-0.2, -0.15) is 5.10 Å². The van der Waals surface area contributed by atoms with Crippen LogP contribution < -0.4 is 4.74 Å². The lowest BCUT2D eigenvalue weighted by atomic mass is 9.94. The van der Waals surface area contributed by atoms with Crippen molar-refractivity contribution in [2.24, 2.45) is 5.10 Å². The highest BCUT2D eigenvalue weighted by Gasteiger charge is 2.52. The topological polar surface area (TPSA) is 24.8 Å². The number of ether oxygens (including phenoxy) is 1. The third-order valence-corrected chi connectivity index (χ3v) is 6.08. The lowest BCUT2D eigenvalue weighted by molar-refractivity contribution is -0.114. The second kappa shape index (κ2) is 5.86. The molecule has 0 saturated heterocycles. The van der Waals surface area contributed by atoms with Crippen LogP contribution in [0.25, 0.3) is 0 Å². The van der Waals surface area contributed by atoms with E-state index >= 15 is 0 Å². The van der Waals surface area contributed by atoms with Crippen LogP contribution in [0.5, 0.6) is 5.75 Å². The standard InChI is InChI=1S/C20H17Cl2FN2O/c21-13-9-15-18-11-17(12-3-5-14(23)6-4-12)24-25(18)20(7-1-2-8-20)26-19(15)16(22)10-13/h3-6,9-10,18H,1-2,7-8,11H2. The fraction of sp³-hybridized carbons (Fsp3) is 0.350. The fourth-order valence-electron chi connectivity index (χ4n) is 4.38. The molecule has 2 heterocycles. The average Bonchev–Trinajstić information content (AvgIpc) is 3.25. The number of hydrazone groups is 1. The molecule has 0 N–H and O–H groups in total. The summed E-state index contributed by atoms with van der Waals surface area (Å²) in [6, 6.07) is 10.2. The van der Waals surface area contributed by atoms with Crippen LogP contribution in [0.15, 0.2) is 41.5 Å². The Hall–Kier alpha value is -1.78. The van der Waals surface area contributed by atoms with Crippen molar-refractivity contribution in [3.05, 3.63) is 63.4 Å². The zero-order valence-electron chi connectivity index (χ0n) is 14.0. The summed E-state index contributed by atoms with van der Waals surface area (Å²) in [4.78, 5) is 0. The molecule has 1 saturated carbocycles. The van der Waals surface area contributed by atoms with Gasteiger partial charge in [-0.15, -0.1) is 0 Å². The molecule has 2 aromatic rings. The van der Waals surface area contributed by atoms with E-state index in [4.69, 9.17) is 33.0 Å². The Kier molecular flexibility index (Phi) is 3.70. The molecular weight excluding hydrogens is 374 g/mol. The molecule has 1 spiro atoms. The van der Waals surface area contributed by atoms with Crippen LogP contribution in [0.4, 0.5) is 4.39 Å². The van der Waals surface area contributed by atoms with E-state index in [1.165, 1.54) is 12.1 Å². The quantitative estimate of drug-likeness (QED) is 0.601. The number of fused-ring (bicyclic) bond motifs is 4. The van der Waals surface area contributed by atoms with Crippen molar-refractivity contribution in [1.29, 1.82) is 0 Å². The summed E-state index contributed by atoms with van der Waals surface area (Å²) < 4.78 is 19.7. The largest absolute Gasteiger partial charge is 0.465 e. The van der Waals surface area contributed by atoms with Gasteiger partial charge in [0.15, 0.2) is 5.72 Å². The number of benzene rings is 2. The van der Waals surface area contributed by atoms with Gasteiger partial charge in [-0.25, -0.2) is 9.40 Å². The molecule has 6 heteroatoms. The first-order chi connectivity index (χ1) is 12.6. The Labute approximate surface area is 161 Å². The van der Waals surface area contributed by atoms with Gasteiger partial charge in [0.1, 0.15) is 11.6 Å². The van der Waals surface area contributed by atoms with Gasteiger partial charge >= 0.3 is 0 Å². The van der Waals surface area contributed by atoms with E-state index < -0.39 is 5.72 Å². The number of halogens is 3. The molecule has 2 aliphatic heterocycles. The molecule has 3 aliphatic rings. The Balaban J connectivity index is 1.62. The number of rotatable bonds is 1. The number of hydrogen-bond donors (Lipinski definition) is 0. The minimum absolute atomic E-state index is 0.0353. The van der Waals surface area contributed by atoms with Crippen molar-refractivity contribution >= 4 is 28.9 Å². The second-order valence-corrected chi connectivity index (χ2v) is 8.02. The first kappa shape index (κ1) is 16.4. The minimum atomic E-state index is -0.448. The van der Waals surface area contributed by atoms with Gasteiger partial charge in [0.25, 0.3) is 0 Å². The zero-order chi connectivity index (χ0) is 17.9. The van der Waals surface area contributed by atoms with Gasteiger partial charge in [-0.05, 0) is 42.7 Å². The maximum absolute atomic E-state index is 13.3. The van der Waals surface area contributed by atoms with Crippen LogP contribution in [-0.4, -0.2) is 16.4 Å². The molecule has 3 nitrogen and oxygen atoms in total. The van der Waals surface area contributed by atoms with Crippen molar-refractivity contribution < 1.29 is 9.13 Å². The summed E-state index contributed by atoms with van der Waals surface area (Å²) >= 11 is 12.7. The highest BCUT2D eigenvalue weighted by molar-refractivity contribution is 6.35. The molecule has 5 rings (SSSR count). The van der Waals surface area contributed by atoms with Crippen LogP contribution in [0.3, 0.4) is 0 Å². The SMILES string of the molecule is Fc1ccc(C2=NN3C(C2)c2cc(Cl)cc(Cl)c2OC32CCCC2)cc1. The minimum Gasteiger partial charge on any atom is -0.465 e. The lowest BCUT2D eigenvalue weighted by Crippen LogP contribution is -2.51. The predicted octanol–water partition coefficient (Wildman–Crippen LogP) is 5.95. The van der Waals surface area contributed by atoms with Gasteiger partial charge in [0.2, 0.25) is 0 Å². The summed E-state index contributed by atoms with van der Waals surface area (Å²) in [6.07, 6.45) is 4.76. The molecule has 2 aromatic carbocycles. The van der Waals surface area contributed by atoms with Gasteiger partial charge in [0, 0.05) is 29.8 Å². The third-order valence-electron chi connectivity index (χ3n) is 5.58. The van der Waals surface area contributed by atoms with E-state index in [-0.39, 0.29) is 11.9 Å². The average molecular weight is 391 g/mol. The van der Waals surface area contributed by atoms with Crippen molar-refractivity contribution in [2.45, 2.75) is 43.9 Å². The monoisotopic (exact) mass is 390 g/mol. The predicted molar refractivity (Wildman–Crippen MR) is 100 cm³/mol. The Morgan fingerprint density at radius 2 is 1.85 bits per heavy atom. The second-order valence-electron chi connectivity index (χ2n) is 7.18. The third kappa shape index (κ3) is 2.43. The van der Waals surface area contributed by atoms with E-state index in [2.05, 4.69) is 5.01 Å². The molecule has 0 aromatic heterocycles. The maximum Gasteiger partial charge on any atom is 0.198 e. The Morgan fingerprint density at radius 3 is 2.58 bits per heavy atom. The molecule has 0 bridgehead atoms. The molecule has 1 atom stereocenters. The van der Waals surface area contributed by atoms with Crippen molar-refractivity contribution in [1.82, 2.24) is 5.01 Å². The van der Waals surface area contributed by atoms with Gasteiger partial charge in [-0.3, -0.25) is 0 Å². The van der Waals surface area contributed by atoms with Gasteiger partial charge in [-0.1, -0.05) is 35.3 Å². The molecule has 1 aliphatic carbocycles. The number of hydrogen-bond acceptors (Lipinski definition) is 3. The van der Waals surface area contributed by atoms with Gasteiger partial charge < -0.3 is 4.74 Å². The number of nitrogens with zero attached hydrogens (tertiary/aromatic N) is 2. The highest BCUT2D eigenvalue weighted by Crippen LogP contribution is 2.54. The summed E-state index contributed by atoms with van der Waals surface area (Å²) in [5.41, 5.74) is 2.40. The molecule has 1 fully saturated rings. The van der Waals surface area contributed by atoms with Gasteiger partial charge in [0.05, 0.1) is 16.8 Å². The van der Waals surface area contributed by atoms with Crippen LogP contribution >= 0.6 is 23.2 Å². The first-order valence-corrected chi connectivity index (χ1v) is 9.62. The first-order valence-electron chi connectivity index (χ1n) is 8.86. The summed E-state index contributed by atoms with van der Waals surface area (Å²) in [5.74, 6) is 0.486. The Morgan fingerprint density at radius 1 is 1.12 bits per heavy atom. The fourth-order valence-corrected chi connectivity index (χ4v) is 4.92. The van der Waals surface area contributed by atoms with Crippen molar-refractivity contribution in [2.75, 3.05) is 0 Å². The highest BCUT2D eigenvalue weighted by atomic mass is 35.5. The van der Waals surface area contributed by atoms with E-state index in [1.54, 1.807) is 18.2 Å². The summed E-state index contributed by atoms with van der Waals surface area (Å²) in [5, 5.41) is 8.17. The summed E-state index contributed by atoms with van der Waals surface area (Å²) in [6.45, 7) is 0. The van der Waals surface area contributed by atoms with E-state index in [1.807, 2.05) is 6.07 Å². The lowest BCUT2D eigenvalue weighted by Gasteiger charge is -2.46. The van der Waals surface area contributed by atoms with E-state index in [0.29, 0.717) is 10.0 Å². The molecule has 134 valence electrons. The van der Waals surface area contributed by atoms with Crippen LogP contribution in [0.2, 0.25) is 10.0 Å². The zero-order valence-corrected chi connectivity index (χ0v) is 15.5. The van der Waals surface area contributed by atoms with Crippen LogP contribution in [0, 0.1) is 5.82 Å². The summed E-state index contributed by atoms with van der Waals surface area (Å²) in [7, 11) is 0.